The van der Waals surface area contributed by atoms with Gasteiger partial charge in [-0.2, -0.15) is 0 Å². The molecule has 1 aliphatic heterocycles. The first-order valence-electron chi connectivity index (χ1n) is 7.52. The maximum absolute atomic E-state index is 12.9. The minimum atomic E-state index is -1.21. The number of carbonyl (C=O) groups is 2. The van der Waals surface area contributed by atoms with Crippen LogP contribution in [0.4, 0.5) is 11.4 Å². The zero-order chi connectivity index (χ0) is 16.3. The van der Waals surface area contributed by atoms with Gasteiger partial charge in [0, 0.05) is 0 Å². The third-order valence-corrected chi connectivity index (χ3v) is 4.13. The van der Waals surface area contributed by atoms with Gasteiger partial charge in [0.1, 0.15) is 5.41 Å². The fourth-order valence-electron chi connectivity index (χ4n) is 2.90. The number of nitrogens with one attached hydrogen (secondary N) is 2. The summed E-state index contributed by atoms with van der Waals surface area (Å²) in [5.74, 6) is -0.604. The molecule has 2 aromatic rings. The molecule has 4 heteroatoms. The molecule has 0 bridgehead atoms. The van der Waals surface area contributed by atoms with Crippen LogP contribution in [-0.2, 0) is 16.0 Å². The van der Waals surface area contributed by atoms with Gasteiger partial charge in [-0.3, -0.25) is 9.59 Å². The van der Waals surface area contributed by atoms with E-state index in [9.17, 15) is 9.59 Å². The first kappa shape index (κ1) is 15.0. The third-order valence-electron chi connectivity index (χ3n) is 4.13. The number of benzene rings is 2. The van der Waals surface area contributed by atoms with Crippen LogP contribution in [0.1, 0.15) is 12.0 Å². The molecule has 0 radical (unpaired) electrons. The second kappa shape index (κ2) is 6.08. The highest BCUT2D eigenvalue weighted by molar-refractivity contribution is 6.19. The molecule has 0 atom stereocenters. The normalized spacial score (nSPS) is 15.8. The van der Waals surface area contributed by atoms with Crippen molar-refractivity contribution >= 4 is 23.2 Å². The standard InChI is InChI=1S/C19H18N2O2/c1-2-12-19(13-14-8-4-3-5-9-14)17(22)20-15-10-6-7-11-16(15)21-18(19)23/h2-11H,1,12-13H2,(H,20,22)(H,21,23). The summed E-state index contributed by atoms with van der Waals surface area (Å²) in [7, 11) is 0. The van der Waals surface area contributed by atoms with Crippen LogP contribution in [0.3, 0.4) is 0 Å². The Kier molecular flexibility index (Phi) is 3.98. The minimum Gasteiger partial charge on any atom is -0.323 e. The molecule has 23 heavy (non-hydrogen) atoms. The van der Waals surface area contributed by atoms with E-state index in [-0.39, 0.29) is 18.2 Å². The number of carbonyl (C=O) groups excluding carboxylic acids is 2. The van der Waals surface area contributed by atoms with Crippen molar-refractivity contribution in [2.45, 2.75) is 12.8 Å². The van der Waals surface area contributed by atoms with Crippen LogP contribution in [0.15, 0.2) is 67.3 Å². The fourth-order valence-corrected chi connectivity index (χ4v) is 2.90. The summed E-state index contributed by atoms with van der Waals surface area (Å²) in [6.07, 6.45) is 2.22. The predicted molar refractivity (Wildman–Crippen MR) is 91.1 cm³/mol. The van der Waals surface area contributed by atoms with Gasteiger partial charge in [-0.25, -0.2) is 0 Å². The molecule has 116 valence electrons. The number of fused-ring (bicyclic) bond motifs is 1. The van der Waals surface area contributed by atoms with Gasteiger partial charge in [0.15, 0.2) is 0 Å². The van der Waals surface area contributed by atoms with E-state index in [0.29, 0.717) is 17.8 Å². The van der Waals surface area contributed by atoms with Crippen LogP contribution in [-0.4, -0.2) is 11.8 Å². The van der Waals surface area contributed by atoms with Crippen molar-refractivity contribution in [2.24, 2.45) is 5.41 Å². The van der Waals surface area contributed by atoms with E-state index in [0.717, 1.165) is 5.56 Å². The van der Waals surface area contributed by atoms with Crippen LogP contribution in [0.5, 0.6) is 0 Å². The molecular formula is C19H18N2O2. The zero-order valence-electron chi connectivity index (χ0n) is 12.7. The van der Waals surface area contributed by atoms with Gasteiger partial charge in [0.05, 0.1) is 11.4 Å². The molecule has 2 amide bonds. The van der Waals surface area contributed by atoms with Crippen molar-refractivity contribution in [1.82, 2.24) is 0 Å². The first-order chi connectivity index (χ1) is 11.2. The lowest BCUT2D eigenvalue weighted by molar-refractivity contribution is -0.136. The molecule has 1 aliphatic rings. The van der Waals surface area contributed by atoms with Gasteiger partial charge in [0.2, 0.25) is 11.8 Å². The van der Waals surface area contributed by atoms with E-state index in [2.05, 4.69) is 17.2 Å². The third kappa shape index (κ3) is 2.75. The highest BCUT2D eigenvalue weighted by Crippen LogP contribution is 2.36. The highest BCUT2D eigenvalue weighted by atomic mass is 16.2. The monoisotopic (exact) mass is 306 g/mol. The lowest BCUT2D eigenvalue weighted by Gasteiger charge is -2.28. The molecule has 2 aromatic carbocycles. The van der Waals surface area contributed by atoms with E-state index in [1.165, 1.54) is 0 Å². The van der Waals surface area contributed by atoms with Crippen molar-refractivity contribution in [2.75, 3.05) is 10.6 Å². The molecule has 0 saturated heterocycles. The number of rotatable bonds is 4. The minimum absolute atomic E-state index is 0.271. The van der Waals surface area contributed by atoms with Crippen molar-refractivity contribution in [3.63, 3.8) is 0 Å². The van der Waals surface area contributed by atoms with E-state index >= 15 is 0 Å². The average molecular weight is 306 g/mol. The van der Waals surface area contributed by atoms with E-state index < -0.39 is 5.41 Å². The second-order valence-corrected chi connectivity index (χ2v) is 5.69. The Morgan fingerprint density at radius 1 is 0.870 bits per heavy atom. The molecule has 3 rings (SSSR count). The van der Waals surface area contributed by atoms with Gasteiger partial charge >= 0.3 is 0 Å². The molecule has 0 spiro atoms. The lowest BCUT2D eigenvalue weighted by atomic mass is 9.77. The van der Waals surface area contributed by atoms with Crippen LogP contribution in [0, 0.1) is 5.41 Å². The van der Waals surface area contributed by atoms with Crippen LogP contribution >= 0.6 is 0 Å². The molecular weight excluding hydrogens is 288 g/mol. The van der Waals surface area contributed by atoms with Gasteiger partial charge in [-0.05, 0) is 30.5 Å². The van der Waals surface area contributed by atoms with Gasteiger partial charge in [-0.1, -0.05) is 48.5 Å². The molecule has 0 unspecified atom stereocenters. The Balaban J connectivity index is 2.03. The van der Waals surface area contributed by atoms with Gasteiger partial charge < -0.3 is 10.6 Å². The Hall–Kier alpha value is -2.88. The van der Waals surface area contributed by atoms with Crippen LogP contribution < -0.4 is 10.6 Å². The summed E-state index contributed by atoms with van der Waals surface area (Å²) in [6, 6.07) is 16.8. The summed E-state index contributed by atoms with van der Waals surface area (Å²) in [5, 5.41) is 5.76. The maximum Gasteiger partial charge on any atom is 0.240 e. The molecule has 4 nitrogen and oxygen atoms in total. The summed E-state index contributed by atoms with van der Waals surface area (Å²) in [5.41, 5.74) is 0.961. The lowest BCUT2D eigenvalue weighted by Crippen LogP contribution is -2.46. The average Bonchev–Trinajstić information content (AvgIpc) is 2.65. The zero-order valence-corrected chi connectivity index (χ0v) is 12.7. The number of hydrogen-bond acceptors (Lipinski definition) is 2. The van der Waals surface area contributed by atoms with E-state index in [1.54, 1.807) is 18.2 Å². The van der Waals surface area contributed by atoms with Crippen molar-refractivity contribution in [3.8, 4) is 0 Å². The number of hydrogen-bond donors (Lipinski definition) is 2. The van der Waals surface area contributed by atoms with E-state index in [4.69, 9.17) is 0 Å². The Labute approximate surface area is 135 Å². The van der Waals surface area contributed by atoms with Crippen molar-refractivity contribution in [3.05, 3.63) is 72.8 Å². The molecule has 2 N–H and O–H groups in total. The topological polar surface area (TPSA) is 58.2 Å². The smallest absolute Gasteiger partial charge is 0.240 e. The quantitative estimate of drug-likeness (QED) is 0.672. The Morgan fingerprint density at radius 3 is 1.91 bits per heavy atom. The molecule has 0 saturated carbocycles. The summed E-state index contributed by atoms with van der Waals surface area (Å²) < 4.78 is 0. The number of para-hydroxylation sites is 2. The van der Waals surface area contributed by atoms with E-state index in [1.807, 2.05) is 42.5 Å². The largest absolute Gasteiger partial charge is 0.323 e. The molecule has 0 fully saturated rings. The second-order valence-electron chi connectivity index (χ2n) is 5.69. The van der Waals surface area contributed by atoms with Crippen molar-refractivity contribution in [1.29, 1.82) is 0 Å². The molecule has 0 aliphatic carbocycles. The summed E-state index contributed by atoms with van der Waals surface area (Å²) >= 11 is 0. The first-order valence-corrected chi connectivity index (χ1v) is 7.52. The maximum atomic E-state index is 12.9. The highest BCUT2D eigenvalue weighted by Gasteiger charge is 2.46. The Bertz CT molecular complexity index is 716. The van der Waals surface area contributed by atoms with Crippen molar-refractivity contribution < 1.29 is 9.59 Å². The summed E-state index contributed by atoms with van der Waals surface area (Å²) in [6.45, 7) is 3.73. The number of amides is 2. The molecule has 1 heterocycles. The van der Waals surface area contributed by atoms with Crippen LogP contribution in [0.25, 0.3) is 0 Å². The fraction of sp³-hybridized carbons (Fsp3) is 0.158. The number of anilines is 2. The summed E-state index contributed by atoms with van der Waals surface area (Å²) in [4.78, 5) is 25.8. The van der Waals surface area contributed by atoms with Crippen LogP contribution in [0.2, 0.25) is 0 Å². The predicted octanol–water partition coefficient (Wildman–Crippen LogP) is 3.38. The van der Waals surface area contributed by atoms with Gasteiger partial charge in [-0.15, -0.1) is 6.58 Å². The molecule has 0 aromatic heterocycles. The SMILES string of the molecule is C=CCC1(Cc2ccccc2)C(=O)Nc2ccccc2NC1=O. The van der Waals surface area contributed by atoms with Gasteiger partial charge in [0.25, 0.3) is 0 Å². The number of allylic oxidation sites excluding steroid dienone is 1. The Morgan fingerprint density at radius 2 is 1.39 bits per heavy atom.